The van der Waals surface area contributed by atoms with Gasteiger partial charge in [0.2, 0.25) is 5.91 Å². The van der Waals surface area contributed by atoms with Gasteiger partial charge in [-0.15, -0.1) is 0 Å². The average molecular weight is 435 g/mol. The van der Waals surface area contributed by atoms with Gasteiger partial charge in [-0.05, 0) is 60.7 Å². The lowest BCUT2D eigenvalue weighted by Crippen LogP contribution is -2.30. The molecular weight excluding hydrogens is 407 g/mol. The summed E-state index contributed by atoms with van der Waals surface area (Å²) >= 11 is 0. The molecule has 32 heavy (non-hydrogen) atoms. The van der Waals surface area contributed by atoms with Gasteiger partial charge in [0.05, 0.1) is 5.92 Å². The zero-order valence-corrected chi connectivity index (χ0v) is 18.3. The molecule has 1 N–H and O–H groups in total. The van der Waals surface area contributed by atoms with Crippen molar-refractivity contribution in [3.63, 3.8) is 0 Å². The van der Waals surface area contributed by atoms with Crippen LogP contribution >= 0.6 is 0 Å². The van der Waals surface area contributed by atoms with Crippen LogP contribution in [0, 0.1) is 5.82 Å². The Morgan fingerprint density at radius 2 is 1.84 bits per heavy atom. The topological polar surface area (TPSA) is 70.5 Å². The highest BCUT2D eigenvalue weighted by molar-refractivity contribution is 5.78. The van der Waals surface area contributed by atoms with Crippen molar-refractivity contribution < 1.29 is 19.1 Å². The molecule has 2 aromatic carbocycles. The monoisotopic (exact) mass is 434 g/mol. The molecule has 1 amide bonds. The second-order valence-corrected chi connectivity index (χ2v) is 7.76. The highest BCUT2D eigenvalue weighted by Crippen LogP contribution is 2.28. The van der Waals surface area contributed by atoms with E-state index in [0.717, 1.165) is 11.1 Å². The first-order valence-corrected chi connectivity index (χ1v) is 10.7. The number of hydrogen-bond acceptors (Lipinski definition) is 3. The Kier molecular flexibility index (Phi) is 7.71. The molecule has 0 saturated heterocycles. The number of aryl methyl sites for hydroxylation is 1. The van der Waals surface area contributed by atoms with Crippen molar-refractivity contribution in [3.05, 3.63) is 89.5 Å². The van der Waals surface area contributed by atoms with Crippen LogP contribution in [0.5, 0.6) is 0 Å². The van der Waals surface area contributed by atoms with Gasteiger partial charge in [0.15, 0.2) is 0 Å². The van der Waals surface area contributed by atoms with Crippen molar-refractivity contribution >= 4 is 11.9 Å². The largest absolute Gasteiger partial charge is 0.481 e. The standard InChI is InChI=1S/C26H27FN2O3/c1-3-29(25(30)12-9-19-7-5-4-6-8-19)17-22-14-23(27)10-11-24(22)21-13-20(15-28-16-21)18(2)26(31)32/h4-8,10-11,13-16,18H,3,9,12,17H2,1-2H3,(H,31,32). The van der Waals surface area contributed by atoms with E-state index in [9.17, 15) is 19.1 Å². The number of benzene rings is 2. The van der Waals surface area contributed by atoms with Crippen molar-refractivity contribution in [2.45, 2.75) is 39.2 Å². The number of carboxylic acid groups (broad SMARTS) is 1. The number of carboxylic acids is 1. The maximum atomic E-state index is 14.1. The molecule has 5 nitrogen and oxygen atoms in total. The smallest absolute Gasteiger partial charge is 0.310 e. The molecule has 1 unspecified atom stereocenters. The number of hydrogen-bond donors (Lipinski definition) is 1. The average Bonchev–Trinajstić information content (AvgIpc) is 2.81. The first kappa shape index (κ1) is 23.1. The van der Waals surface area contributed by atoms with Crippen LogP contribution in [0.4, 0.5) is 4.39 Å². The Hall–Kier alpha value is -3.54. The third kappa shape index (κ3) is 5.78. The Morgan fingerprint density at radius 1 is 1.09 bits per heavy atom. The maximum absolute atomic E-state index is 14.1. The van der Waals surface area contributed by atoms with Crippen LogP contribution in [0.2, 0.25) is 0 Å². The molecule has 0 aliphatic rings. The molecule has 0 aliphatic carbocycles. The number of pyridine rings is 1. The molecule has 3 aromatic rings. The molecule has 1 aromatic heterocycles. The van der Waals surface area contributed by atoms with Crippen LogP contribution in [0.15, 0.2) is 67.0 Å². The molecule has 0 saturated carbocycles. The van der Waals surface area contributed by atoms with E-state index < -0.39 is 11.9 Å². The summed E-state index contributed by atoms with van der Waals surface area (Å²) in [5.41, 5.74) is 3.74. The summed E-state index contributed by atoms with van der Waals surface area (Å²) in [6, 6.07) is 16.0. The first-order valence-electron chi connectivity index (χ1n) is 10.7. The minimum atomic E-state index is -0.940. The Labute approximate surface area is 187 Å². The fraction of sp³-hybridized carbons (Fsp3) is 0.269. The molecule has 1 atom stereocenters. The second kappa shape index (κ2) is 10.7. The molecule has 0 spiro atoms. The van der Waals surface area contributed by atoms with Gasteiger partial charge in [0.1, 0.15) is 5.82 Å². The minimum absolute atomic E-state index is 0.00191. The van der Waals surface area contributed by atoms with Crippen molar-refractivity contribution in [1.29, 1.82) is 0 Å². The number of carbonyl (C=O) groups is 2. The third-order valence-corrected chi connectivity index (χ3v) is 5.57. The summed E-state index contributed by atoms with van der Waals surface area (Å²) in [7, 11) is 0. The fourth-order valence-electron chi connectivity index (χ4n) is 3.60. The summed E-state index contributed by atoms with van der Waals surface area (Å²) < 4.78 is 14.1. The van der Waals surface area contributed by atoms with E-state index in [-0.39, 0.29) is 18.3 Å². The van der Waals surface area contributed by atoms with E-state index in [2.05, 4.69) is 4.98 Å². The van der Waals surface area contributed by atoms with Crippen molar-refractivity contribution in [2.24, 2.45) is 0 Å². The van der Waals surface area contributed by atoms with E-state index >= 15 is 0 Å². The summed E-state index contributed by atoms with van der Waals surface area (Å²) in [6.07, 6.45) is 4.17. The second-order valence-electron chi connectivity index (χ2n) is 7.76. The lowest BCUT2D eigenvalue weighted by Gasteiger charge is -2.23. The van der Waals surface area contributed by atoms with Crippen LogP contribution in [0.3, 0.4) is 0 Å². The van der Waals surface area contributed by atoms with Crippen molar-refractivity contribution in [3.8, 4) is 11.1 Å². The van der Waals surface area contributed by atoms with E-state index in [1.54, 1.807) is 30.2 Å². The molecule has 1 heterocycles. The molecule has 3 rings (SSSR count). The molecule has 0 bridgehead atoms. The molecule has 0 aliphatic heterocycles. The lowest BCUT2D eigenvalue weighted by atomic mass is 9.96. The van der Waals surface area contributed by atoms with Crippen LogP contribution in [-0.4, -0.2) is 33.4 Å². The zero-order valence-electron chi connectivity index (χ0n) is 18.3. The van der Waals surface area contributed by atoms with Crippen LogP contribution in [0.25, 0.3) is 11.1 Å². The Morgan fingerprint density at radius 3 is 2.53 bits per heavy atom. The summed E-state index contributed by atoms with van der Waals surface area (Å²) in [5.74, 6) is -2.04. The van der Waals surface area contributed by atoms with E-state index in [1.165, 1.54) is 18.3 Å². The van der Waals surface area contributed by atoms with E-state index in [4.69, 9.17) is 0 Å². The predicted octanol–water partition coefficient (Wildman–Crippen LogP) is 5.06. The quantitative estimate of drug-likeness (QED) is 0.511. The SMILES string of the molecule is CCN(Cc1cc(F)ccc1-c1cncc(C(C)C(=O)O)c1)C(=O)CCc1ccccc1. The molecule has 0 radical (unpaired) electrons. The van der Waals surface area contributed by atoms with E-state index in [1.807, 2.05) is 37.3 Å². The van der Waals surface area contributed by atoms with Gasteiger partial charge in [0, 0.05) is 37.5 Å². The number of carbonyl (C=O) groups excluding carboxylic acids is 1. The highest BCUT2D eigenvalue weighted by atomic mass is 19.1. The lowest BCUT2D eigenvalue weighted by molar-refractivity contribution is -0.138. The fourth-order valence-corrected chi connectivity index (χ4v) is 3.60. The predicted molar refractivity (Wildman–Crippen MR) is 122 cm³/mol. The Bertz CT molecular complexity index is 1090. The van der Waals surface area contributed by atoms with Gasteiger partial charge in [0.25, 0.3) is 0 Å². The Balaban J connectivity index is 1.83. The third-order valence-electron chi connectivity index (χ3n) is 5.57. The summed E-state index contributed by atoms with van der Waals surface area (Å²) in [5, 5.41) is 9.31. The van der Waals surface area contributed by atoms with E-state index in [0.29, 0.717) is 36.1 Å². The maximum Gasteiger partial charge on any atom is 0.310 e. The van der Waals surface area contributed by atoms with Crippen molar-refractivity contribution in [2.75, 3.05) is 6.54 Å². The number of aromatic nitrogens is 1. The van der Waals surface area contributed by atoms with Gasteiger partial charge in [-0.3, -0.25) is 14.6 Å². The molecule has 166 valence electrons. The number of rotatable bonds is 9. The highest BCUT2D eigenvalue weighted by Gasteiger charge is 2.18. The minimum Gasteiger partial charge on any atom is -0.481 e. The van der Waals surface area contributed by atoms with Gasteiger partial charge in [-0.1, -0.05) is 36.4 Å². The number of halogens is 1. The molecule has 6 heteroatoms. The van der Waals surface area contributed by atoms with Gasteiger partial charge in [-0.2, -0.15) is 0 Å². The summed E-state index contributed by atoms with van der Waals surface area (Å²) in [6.45, 7) is 4.25. The summed E-state index contributed by atoms with van der Waals surface area (Å²) in [4.78, 5) is 30.1. The van der Waals surface area contributed by atoms with Crippen LogP contribution in [0.1, 0.15) is 42.9 Å². The number of nitrogens with zero attached hydrogens (tertiary/aromatic N) is 2. The molecular formula is C26H27FN2O3. The van der Waals surface area contributed by atoms with Gasteiger partial charge >= 0.3 is 5.97 Å². The first-order chi connectivity index (χ1) is 15.4. The number of amides is 1. The van der Waals surface area contributed by atoms with Gasteiger partial charge in [-0.25, -0.2) is 4.39 Å². The molecule has 0 fully saturated rings. The van der Waals surface area contributed by atoms with Crippen molar-refractivity contribution in [1.82, 2.24) is 9.88 Å². The van der Waals surface area contributed by atoms with Crippen LogP contribution < -0.4 is 0 Å². The normalized spacial score (nSPS) is 11.7. The number of aliphatic carboxylic acids is 1. The van der Waals surface area contributed by atoms with Crippen LogP contribution in [-0.2, 0) is 22.6 Å². The zero-order chi connectivity index (χ0) is 23.1. The van der Waals surface area contributed by atoms with Gasteiger partial charge < -0.3 is 10.0 Å².